The van der Waals surface area contributed by atoms with Gasteiger partial charge in [0, 0.05) is 17.8 Å². The van der Waals surface area contributed by atoms with Crippen LogP contribution in [0.4, 0.5) is 11.7 Å². The highest BCUT2D eigenvalue weighted by Gasteiger charge is 2.16. The molecule has 7 nitrogen and oxygen atoms in total. The van der Waals surface area contributed by atoms with Crippen LogP contribution in [0.2, 0.25) is 0 Å². The standard InChI is InChI=1S/C26H24N4O3/c1-3-4-14-30-22-12-10-18(25(31)32-2)16-20(22)28-24(30)17-11-13-23-21(15-17)29-26(33-23)27-19-8-6-5-7-9-19/h5-13,15-16H,3-4,14H2,1-2H3,(H,27,29). The summed E-state index contributed by atoms with van der Waals surface area (Å²) in [5.74, 6) is 0.465. The third-order valence-corrected chi connectivity index (χ3v) is 5.58. The summed E-state index contributed by atoms with van der Waals surface area (Å²) in [6.45, 7) is 2.99. The molecule has 2 heterocycles. The highest BCUT2D eigenvalue weighted by Crippen LogP contribution is 2.30. The number of nitrogens with zero attached hydrogens (tertiary/aromatic N) is 3. The second-order valence-electron chi connectivity index (χ2n) is 7.83. The van der Waals surface area contributed by atoms with Crippen molar-refractivity contribution >= 4 is 39.8 Å². The molecule has 0 atom stereocenters. The van der Waals surface area contributed by atoms with E-state index < -0.39 is 0 Å². The molecule has 1 N–H and O–H groups in total. The minimum atomic E-state index is -0.371. The van der Waals surface area contributed by atoms with Gasteiger partial charge in [0.05, 0.1) is 23.7 Å². The molecule has 7 heteroatoms. The minimum Gasteiger partial charge on any atom is -0.465 e. The van der Waals surface area contributed by atoms with Crippen molar-refractivity contribution in [2.24, 2.45) is 0 Å². The highest BCUT2D eigenvalue weighted by atomic mass is 16.5. The lowest BCUT2D eigenvalue weighted by molar-refractivity contribution is 0.0601. The number of fused-ring (bicyclic) bond motifs is 2. The first-order valence-corrected chi connectivity index (χ1v) is 11.0. The lowest BCUT2D eigenvalue weighted by atomic mass is 10.2. The van der Waals surface area contributed by atoms with Crippen molar-refractivity contribution in [3.05, 3.63) is 72.3 Å². The summed E-state index contributed by atoms with van der Waals surface area (Å²) in [6, 6.07) is 21.6. The fourth-order valence-corrected chi connectivity index (χ4v) is 3.90. The normalized spacial score (nSPS) is 11.2. The largest absolute Gasteiger partial charge is 0.465 e. The molecule has 0 aliphatic rings. The first kappa shape index (κ1) is 20.8. The molecular formula is C26H24N4O3. The molecular weight excluding hydrogens is 416 g/mol. The van der Waals surface area contributed by atoms with Gasteiger partial charge in [-0.1, -0.05) is 31.5 Å². The number of ether oxygens (including phenoxy) is 1. The van der Waals surface area contributed by atoms with Gasteiger partial charge < -0.3 is 19.0 Å². The first-order chi connectivity index (χ1) is 16.2. The van der Waals surface area contributed by atoms with E-state index in [9.17, 15) is 4.79 Å². The molecule has 0 fully saturated rings. The van der Waals surface area contributed by atoms with Crippen LogP contribution in [0.25, 0.3) is 33.5 Å². The molecule has 5 aromatic rings. The molecule has 2 aromatic heterocycles. The number of carbonyl (C=O) groups excluding carboxylic acids is 1. The summed E-state index contributed by atoms with van der Waals surface area (Å²) in [4.78, 5) is 21.5. The molecule has 0 aliphatic carbocycles. The number of unbranched alkanes of at least 4 members (excludes halogenated alkanes) is 1. The molecule has 166 valence electrons. The average molecular weight is 441 g/mol. The van der Waals surface area contributed by atoms with Gasteiger partial charge >= 0.3 is 5.97 Å². The zero-order valence-corrected chi connectivity index (χ0v) is 18.5. The Labute approximate surface area is 191 Å². The molecule has 0 spiro atoms. The monoisotopic (exact) mass is 440 g/mol. The average Bonchev–Trinajstić information content (AvgIpc) is 3.42. The van der Waals surface area contributed by atoms with E-state index in [0.29, 0.717) is 17.2 Å². The number of imidazole rings is 1. The second kappa shape index (κ2) is 8.78. The van der Waals surface area contributed by atoms with E-state index in [1.54, 1.807) is 12.1 Å². The number of carbonyl (C=O) groups is 1. The molecule has 0 saturated carbocycles. The van der Waals surface area contributed by atoms with E-state index in [1.807, 2.05) is 54.6 Å². The van der Waals surface area contributed by atoms with Crippen LogP contribution in [0.3, 0.4) is 0 Å². The number of benzene rings is 3. The van der Waals surface area contributed by atoms with Crippen LogP contribution < -0.4 is 5.32 Å². The van der Waals surface area contributed by atoms with Crippen molar-refractivity contribution in [1.29, 1.82) is 0 Å². The Balaban J connectivity index is 1.56. The summed E-state index contributed by atoms with van der Waals surface area (Å²) in [7, 11) is 1.38. The lowest BCUT2D eigenvalue weighted by Crippen LogP contribution is -2.02. The topological polar surface area (TPSA) is 82.2 Å². The van der Waals surface area contributed by atoms with Gasteiger partial charge in [-0.05, 0) is 55.0 Å². The Morgan fingerprint density at radius 1 is 1.03 bits per heavy atom. The number of aryl methyl sites for hydroxylation is 1. The molecule has 5 rings (SSSR count). The molecule has 33 heavy (non-hydrogen) atoms. The van der Waals surface area contributed by atoms with Gasteiger partial charge in [0.15, 0.2) is 5.58 Å². The molecule has 0 radical (unpaired) electrons. The van der Waals surface area contributed by atoms with Crippen LogP contribution in [0.5, 0.6) is 0 Å². The van der Waals surface area contributed by atoms with Crippen LogP contribution in [0, 0.1) is 0 Å². The smallest absolute Gasteiger partial charge is 0.337 e. The first-order valence-electron chi connectivity index (χ1n) is 11.0. The van der Waals surface area contributed by atoms with Gasteiger partial charge in [-0.3, -0.25) is 0 Å². The van der Waals surface area contributed by atoms with Gasteiger partial charge in [-0.25, -0.2) is 9.78 Å². The van der Waals surface area contributed by atoms with E-state index in [-0.39, 0.29) is 5.97 Å². The summed E-state index contributed by atoms with van der Waals surface area (Å²) < 4.78 is 12.9. The molecule has 3 aromatic carbocycles. The van der Waals surface area contributed by atoms with E-state index in [2.05, 4.69) is 21.8 Å². The molecule has 0 aliphatic heterocycles. The van der Waals surface area contributed by atoms with Gasteiger partial charge in [-0.15, -0.1) is 0 Å². The van der Waals surface area contributed by atoms with Crippen LogP contribution in [-0.4, -0.2) is 27.6 Å². The Morgan fingerprint density at radius 3 is 2.67 bits per heavy atom. The van der Waals surface area contributed by atoms with Crippen molar-refractivity contribution in [3.8, 4) is 11.4 Å². The fraction of sp³-hybridized carbons (Fsp3) is 0.192. The second-order valence-corrected chi connectivity index (χ2v) is 7.83. The maximum absolute atomic E-state index is 12.0. The van der Waals surface area contributed by atoms with Crippen molar-refractivity contribution in [1.82, 2.24) is 14.5 Å². The SMILES string of the molecule is CCCCn1c(-c2ccc3oc(Nc4ccccc4)nc3c2)nc2cc(C(=O)OC)ccc21. The summed E-state index contributed by atoms with van der Waals surface area (Å²) in [5, 5.41) is 3.19. The summed E-state index contributed by atoms with van der Waals surface area (Å²) in [6.07, 6.45) is 2.09. The number of oxazole rings is 1. The summed E-state index contributed by atoms with van der Waals surface area (Å²) >= 11 is 0. The highest BCUT2D eigenvalue weighted by molar-refractivity contribution is 5.94. The predicted molar refractivity (Wildman–Crippen MR) is 129 cm³/mol. The quantitative estimate of drug-likeness (QED) is 0.305. The van der Waals surface area contributed by atoms with Gasteiger partial charge in [0.1, 0.15) is 11.3 Å². The molecule has 0 bridgehead atoms. The van der Waals surface area contributed by atoms with Gasteiger partial charge in [0.25, 0.3) is 6.01 Å². The number of anilines is 2. The molecule has 0 amide bonds. The van der Waals surface area contributed by atoms with E-state index in [1.165, 1.54) is 7.11 Å². The van der Waals surface area contributed by atoms with Crippen LogP contribution >= 0.6 is 0 Å². The van der Waals surface area contributed by atoms with E-state index in [4.69, 9.17) is 14.1 Å². The predicted octanol–water partition coefficient (Wildman–Crippen LogP) is 6.17. The Morgan fingerprint density at radius 2 is 1.88 bits per heavy atom. The number of aromatic nitrogens is 3. The Bertz CT molecular complexity index is 1440. The zero-order chi connectivity index (χ0) is 22.8. The number of para-hydroxylation sites is 1. The number of esters is 1. The Hall–Kier alpha value is -4.13. The van der Waals surface area contributed by atoms with Crippen LogP contribution in [0.1, 0.15) is 30.1 Å². The number of hydrogen-bond donors (Lipinski definition) is 1. The van der Waals surface area contributed by atoms with Gasteiger partial charge in [-0.2, -0.15) is 4.98 Å². The third kappa shape index (κ3) is 4.05. The Kier molecular flexibility index (Phi) is 5.52. The van der Waals surface area contributed by atoms with E-state index >= 15 is 0 Å². The molecule has 0 unspecified atom stereocenters. The van der Waals surface area contributed by atoms with Crippen molar-refractivity contribution in [3.63, 3.8) is 0 Å². The number of nitrogens with one attached hydrogen (secondary N) is 1. The van der Waals surface area contributed by atoms with Crippen LogP contribution in [-0.2, 0) is 11.3 Å². The maximum Gasteiger partial charge on any atom is 0.337 e. The number of methoxy groups -OCH3 is 1. The van der Waals surface area contributed by atoms with Crippen molar-refractivity contribution < 1.29 is 13.9 Å². The van der Waals surface area contributed by atoms with Crippen LogP contribution in [0.15, 0.2) is 71.1 Å². The number of hydrogen-bond acceptors (Lipinski definition) is 6. The van der Waals surface area contributed by atoms with E-state index in [0.717, 1.165) is 53.0 Å². The fourth-order valence-electron chi connectivity index (χ4n) is 3.90. The maximum atomic E-state index is 12.0. The van der Waals surface area contributed by atoms with Crippen molar-refractivity contribution in [2.45, 2.75) is 26.3 Å². The van der Waals surface area contributed by atoms with Gasteiger partial charge in [0.2, 0.25) is 0 Å². The number of rotatable bonds is 7. The minimum absolute atomic E-state index is 0.371. The third-order valence-electron chi connectivity index (χ3n) is 5.58. The van der Waals surface area contributed by atoms with Crippen molar-refractivity contribution in [2.75, 3.05) is 12.4 Å². The lowest BCUT2D eigenvalue weighted by Gasteiger charge is -2.08. The summed E-state index contributed by atoms with van der Waals surface area (Å²) in [5.41, 5.74) is 5.52. The zero-order valence-electron chi connectivity index (χ0n) is 18.5. The molecule has 0 saturated heterocycles.